The molecule has 0 aromatic heterocycles. The first-order valence-electron chi connectivity index (χ1n) is 6.32. The summed E-state index contributed by atoms with van der Waals surface area (Å²) in [6.45, 7) is -0.544. The molecule has 0 spiro atoms. The molecule has 1 aromatic carbocycles. The van der Waals surface area contributed by atoms with E-state index in [1.165, 1.54) is 25.3 Å². The van der Waals surface area contributed by atoms with E-state index in [4.69, 9.17) is 19.3 Å². The van der Waals surface area contributed by atoms with Gasteiger partial charge in [0, 0.05) is 6.07 Å². The first kappa shape index (κ1) is 15.8. The van der Waals surface area contributed by atoms with Gasteiger partial charge in [0.05, 0.1) is 13.7 Å². The lowest BCUT2D eigenvalue weighted by molar-refractivity contribution is -0.277. The van der Waals surface area contributed by atoms with Crippen LogP contribution >= 0.6 is 0 Å². The number of rotatable bonds is 4. The van der Waals surface area contributed by atoms with Gasteiger partial charge in [0.1, 0.15) is 30.2 Å². The van der Waals surface area contributed by atoms with Crippen LogP contribution in [0, 0.1) is 0 Å². The van der Waals surface area contributed by atoms with E-state index in [-0.39, 0.29) is 17.2 Å². The SMILES string of the molecule is COc1cc(O)ccc1OC1OC(CO)C(O)[C@H](O)C1O. The lowest BCUT2D eigenvalue weighted by Crippen LogP contribution is -2.60. The Hall–Kier alpha value is -1.58. The largest absolute Gasteiger partial charge is 0.508 e. The highest BCUT2D eigenvalue weighted by molar-refractivity contribution is 5.45. The minimum Gasteiger partial charge on any atom is -0.508 e. The molecule has 1 fully saturated rings. The molecule has 5 N–H and O–H groups in total. The fourth-order valence-corrected chi connectivity index (χ4v) is 2.04. The van der Waals surface area contributed by atoms with E-state index in [1.807, 2.05) is 0 Å². The Kier molecular flexibility index (Phi) is 4.86. The number of aromatic hydroxyl groups is 1. The summed E-state index contributed by atoms with van der Waals surface area (Å²) in [7, 11) is 1.37. The average molecular weight is 302 g/mol. The third-order valence-electron chi connectivity index (χ3n) is 3.24. The number of hydrogen-bond donors (Lipinski definition) is 5. The van der Waals surface area contributed by atoms with Crippen molar-refractivity contribution >= 4 is 0 Å². The van der Waals surface area contributed by atoms with Gasteiger partial charge in [-0.1, -0.05) is 0 Å². The highest BCUT2D eigenvalue weighted by Gasteiger charge is 2.44. The zero-order valence-corrected chi connectivity index (χ0v) is 11.3. The number of benzene rings is 1. The minimum absolute atomic E-state index is 0.0343. The Bertz CT molecular complexity index is 477. The molecule has 1 saturated heterocycles. The predicted octanol–water partition coefficient (Wildman–Crippen LogP) is -1.42. The fraction of sp³-hybridized carbons (Fsp3) is 0.538. The van der Waals surface area contributed by atoms with Crippen molar-refractivity contribution < 1.29 is 39.7 Å². The van der Waals surface area contributed by atoms with Gasteiger partial charge in [0.25, 0.3) is 0 Å². The lowest BCUT2D eigenvalue weighted by Gasteiger charge is -2.39. The van der Waals surface area contributed by atoms with Gasteiger partial charge in [0.2, 0.25) is 6.29 Å². The molecule has 4 unspecified atom stereocenters. The molecule has 0 bridgehead atoms. The van der Waals surface area contributed by atoms with Crippen LogP contribution in [0.1, 0.15) is 0 Å². The summed E-state index contributed by atoms with van der Waals surface area (Å²) in [6.07, 6.45) is -6.85. The van der Waals surface area contributed by atoms with Crippen molar-refractivity contribution in [3.63, 3.8) is 0 Å². The van der Waals surface area contributed by atoms with E-state index in [1.54, 1.807) is 0 Å². The van der Waals surface area contributed by atoms with Gasteiger partial charge < -0.3 is 39.7 Å². The smallest absolute Gasteiger partial charge is 0.229 e. The Morgan fingerprint density at radius 2 is 1.81 bits per heavy atom. The van der Waals surface area contributed by atoms with Crippen molar-refractivity contribution in [2.45, 2.75) is 30.7 Å². The normalized spacial score (nSPS) is 32.7. The van der Waals surface area contributed by atoms with E-state index in [2.05, 4.69) is 0 Å². The molecular weight excluding hydrogens is 284 g/mol. The van der Waals surface area contributed by atoms with Crippen molar-refractivity contribution in [1.29, 1.82) is 0 Å². The standard InChI is InChI=1S/C13H18O8/c1-19-8-4-6(15)2-3-7(8)20-13-12(18)11(17)10(16)9(5-14)21-13/h2-4,9-18H,5H2,1H3/t9?,10?,11-,12?,13?/m0/s1. The van der Waals surface area contributed by atoms with Crippen LogP contribution in [0.4, 0.5) is 0 Å². The zero-order valence-electron chi connectivity index (χ0n) is 11.3. The number of aliphatic hydroxyl groups excluding tert-OH is 4. The molecule has 2 rings (SSSR count). The molecule has 0 aliphatic carbocycles. The van der Waals surface area contributed by atoms with Gasteiger partial charge in [-0.3, -0.25) is 0 Å². The first-order valence-corrected chi connectivity index (χ1v) is 6.32. The monoisotopic (exact) mass is 302 g/mol. The molecule has 1 aliphatic heterocycles. The average Bonchev–Trinajstić information content (AvgIpc) is 2.49. The summed E-state index contributed by atoms with van der Waals surface area (Å²) in [5.41, 5.74) is 0. The summed E-state index contributed by atoms with van der Waals surface area (Å²) in [4.78, 5) is 0. The summed E-state index contributed by atoms with van der Waals surface area (Å²) in [5, 5.41) is 47.7. The molecule has 118 valence electrons. The topological polar surface area (TPSA) is 129 Å². The molecule has 1 heterocycles. The minimum atomic E-state index is -1.52. The van der Waals surface area contributed by atoms with Crippen molar-refractivity contribution in [3.8, 4) is 17.2 Å². The molecule has 1 aliphatic rings. The van der Waals surface area contributed by atoms with Crippen LogP contribution in [0.25, 0.3) is 0 Å². The first-order chi connectivity index (χ1) is 9.97. The number of ether oxygens (including phenoxy) is 3. The van der Waals surface area contributed by atoms with E-state index < -0.39 is 37.3 Å². The molecule has 0 saturated carbocycles. The van der Waals surface area contributed by atoms with Gasteiger partial charge in [-0.25, -0.2) is 0 Å². The number of phenolic OH excluding ortho intramolecular Hbond substituents is 1. The highest BCUT2D eigenvalue weighted by atomic mass is 16.7. The summed E-state index contributed by atoms with van der Waals surface area (Å²) < 4.78 is 15.6. The zero-order chi connectivity index (χ0) is 15.6. The third-order valence-corrected chi connectivity index (χ3v) is 3.24. The summed E-state index contributed by atoms with van der Waals surface area (Å²) in [5.74, 6) is 0.333. The van der Waals surface area contributed by atoms with E-state index in [0.717, 1.165) is 0 Å². The van der Waals surface area contributed by atoms with Crippen molar-refractivity contribution in [3.05, 3.63) is 18.2 Å². The van der Waals surface area contributed by atoms with Crippen LogP contribution in [-0.2, 0) is 4.74 Å². The van der Waals surface area contributed by atoms with Crippen LogP contribution in [0.15, 0.2) is 18.2 Å². The van der Waals surface area contributed by atoms with Gasteiger partial charge >= 0.3 is 0 Å². The van der Waals surface area contributed by atoms with E-state index in [9.17, 15) is 20.4 Å². The van der Waals surface area contributed by atoms with Gasteiger partial charge in [0.15, 0.2) is 11.5 Å². The number of hydrogen-bond acceptors (Lipinski definition) is 8. The fourth-order valence-electron chi connectivity index (χ4n) is 2.04. The van der Waals surface area contributed by atoms with Crippen LogP contribution in [-0.4, -0.2) is 70.0 Å². The van der Waals surface area contributed by atoms with Crippen LogP contribution in [0.3, 0.4) is 0 Å². The molecule has 5 atom stereocenters. The molecule has 0 amide bonds. The van der Waals surface area contributed by atoms with Gasteiger partial charge in [-0.2, -0.15) is 0 Å². The Balaban J connectivity index is 2.18. The Morgan fingerprint density at radius 3 is 2.43 bits per heavy atom. The quantitative estimate of drug-likeness (QED) is 0.458. The molecule has 21 heavy (non-hydrogen) atoms. The summed E-state index contributed by atoms with van der Waals surface area (Å²) >= 11 is 0. The maximum absolute atomic E-state index is 9.87. The van der Waals surface area contributed by atoms with Crippen molar-refractivity contribution in [2.75, 3.05) is 13.7 Å². The van der Waals surface area contributed by atoms with E-state index in [0.29, 0.717) is 0 Å². The molecule has 0 radical (unpaired) electrons. The second-order valence-corrected chi connectivity index (χ2v) is 4.65. The Morgan fingerprint density at radius 1 is 1.10 bits per heavy atom. The van der Waals surface area contributed by atoms with Crippen LogP contribution in [0.5, 0.6) is 17.2 Å². The van der Waals surface area contributed by atoms with Crippen molar-refractivity contribution in [2.24, 2.45) is 0 Å². The maximum atomic E-state index is 9.87. The number of aliphatic hydroxyl groups is 4. The molecule has 8 nitrogen and oxygen atoms in total. The Labute approximate surface area is 120 Å². The van der Waals surface area contributed by atoms with Gasteiger partial charge in [-0.05, 0) is 12.1 Å². The van der Waals surface area contributed by atoms with Crippen LogP contribution in [0.2, 0.25) is 0 Å². The number of phenols is 1. The molecule has 1 aromatic rings. The van der Waals surface area contributed by atoms with Crippen LogP contribution < -0.4 is 9.47 Å². The van der Waals surface area contributed by atoms with E-state index >= 15 is 0 Å². The second kappa shape index (κ2) is 6.46. The molecule has 8 heteroatoms. The van der Waals surface area contributed by atoms with Gasteiger partial charge in [-0.15, -0.1) is 0 Å². The molecular formula is C13H18O8. The second-order valence-electron chi connectivity index (χ2n) is 4.65. The predicted molar refractivity (Wildman–Crippen MR) is 69.1 cm³/mol. The highest BCUT2D eigenvalue weighted by Crippen LogP contribution is 2.33. The van der Waals surface area contributed by atoms with Crippen molar-refractivity contribution in [1.82, 2.24) is 0 Å². The lowest BCUT2D eigenvalue weighted by atomic mass is 9.99. The summed E-state index contributed by atoms with van der Waals surface area (Å²) in [6, 6.07) is 4.05. The number of methoxy groups -OCH3 is 1. The maximum Gasteiger partial charge on any atom is 0.229 e. The third kappa shape index (κ3) is 3.20.